The molecule has 0 aliphatic carbocycles. The SMILES string of the molecule is CCC(C)n1c(=O)[nH]c2cnc3ccc(-c4cnc5ccccc5c4)nc3c21. The fourth-order valence-corrected chi connectivity index (χ4v) is 3.64. The lowest BCUT2D eigenvalue weighted by molar-refractivity contribution is 0.530. The van der Waals surface area contributed by atoms with Crippen LogP contribution < -0.4 is 5.69 Å². The molecule has 0 spiro atoms. The van der Waals surface area contributed by atoms with Gasteiger partial charge in [-0.1, -0.05) is 25.1 Å². The van der Waals surface area contributed by atoms with Crippen LogP contribution in [0.1, 0.15) is 26.3 Å². The first-order chi connectivity index (χ1) is 13.7. The van der Waals surface area contributed by atoms with Gasteiger partial charge in [-0.25, -0.2) is 9.78 Å². The number of imidazole rings is 1. The molecule has 0 fully saturated rings. The molecule has 0 radical (unpaired) electrons. The summed E-state index contributed by atoms with van der Waals surface area (Å²) >= 11 is 0. The molecule has 0 amide bonds. The van der Waals surface area contributed by atoms with Gasteiger partial charge in [0.2, 0.25) is 0 Å². The molecule has 5 rings (SSSR count). The predicted molar refractivity (Wildman–Crippen MR) is 111 cm³/mol. The molecule has 0 saturated carbocycles. The monoisotopic (exact) mass is 369 g/mol. The molecule has 6 heteroatoms. The number of aromatic amines is 1. The summed E-state index contributed by atoms with van der Waals surface area (Å²) in [6.45, 7) is 4.11. The minimum absolute atomic E-state index is 0.0691. The van der Waals surface area contributed by atoms with E-state index in [0.717, 1.165) is 45.1 Å². The summed E-state index contributed by atoms with van der Waals surface area (Å²) in [6.07, 6.45) is 4.39. The molecule has 5 aromatic rings. The highest BCUT2D eigenvalue weighted by Crippen LogP contribution is 2.27. The number of nitrogens with one attached hydrogen (secondary N) is 1. The van der Waals surface area contributed by atoms with Crippen molar-refractivity contribution in [3.63, 3.8) is 0 Å². The zero-order chi connectivity index (χ0) is 19.3. The van der Waals surface area contributed by atoms with E-state index in [0.29, 0.717) is 5.52 Å². The second-order valence-corrected chi connectivity index (χ2v) is 7.06. The van der Waals surface area contributed by atoms with Crippen molar-refractivity contribution in [1.82, 2.24) is 24.5 Å². The Balaban J connectivity index is 1.79. The van der Waals surface area contributed by atoms with Crippen LogP contribution in [0.25, 0.3) is 44.2 Å². The topological polar surface area (TPSA) is 76.5 Å². The number of hydrogen-bond acceptors (Lipinski definition) is 4. The summed E-state index contributed by atoms with van der Waals surface area (Å²) in [6, 6.07) is 14.1. The van der Waals surface area contributed by atoms with Gasteiger partial charge in [0.1, 0.15) is 5.52 Å². The molecule has 138 valence electrons. The molecule has 4 heterocycles. The van der Waals surface area contributed by atoms with E-state index in [1.807, 2.05) is 49.5 Å². The summed E-state index contributed by atoms with van der Waals surface area (Å²) in [7, 11) is 0. The van der Waals surface area contributed by atoms with Crippen molar-refractivity contribution in [2.75, 3.05) is 0 Å². The molecule has 0 saturated heterocycles. The Hall–Kier alpha value is -3.54. The number of benzene rings is 1. The van der Waals surface area contributed by atoms with Gasteiger partial charge in [-0.05, 0) is 37.6 Å². The Bertz CT molecular complexity index is 1400. The molecule has 0 aliphatic rings. The standard InChI is InChI=1S/C22H19N5O/c1-3-13(2)27-21-19(26-22(27)28)12-24-18-9-8-17(25-20(18)21)15-10-14-6-4-5-7-16(14)23-11-15/h4-13H,3H2,1-2H3,(H,26,28). The number of hydrogen-bond donors (Lipinski definition) is 1. The minimum Gasteiger partial charge on any atom is -0.304 e. The molecule has 4 aromatic heterocycles. The van der Waals surface area contributed by atoms with Gasteiger partial charge in [0.15, 0.2) is 0 Å². The third-order valence-electron chi connectivity index (χ3n) is 5.31. The first-order valence-corrected chi connectivity index (χ1v) is 9.41. The molecule has 1 N–H and O–H groups in total. The molecular weight excluding hydrogens is 350 g/mol. The van der Waals surface area contributed by atoms with Crippen LogP contribution in [0, 0.1) is 0 Å². The van der Waals surface area contributed by atoms with E-state index in [2.05, 4.69) is 27.9 Å². The van der Waals surface area contributed by atoms with Gasteiger partial charge >= 0.3 is 5.69 Å². The summed E-state index contributed by atoms with van der Waals surface area (Å²) in [5.74, 6) is 0. The minimum atomic E-state index is -0.127. The van der Waals surface area contributed by atoms with Gasteiger partial charge < -0.3 is 4.98 Å². The second-order valence-electron chi connectivity index (χ2n) is 7.06. The van der Waals surface area contributed by atoms with Crippen molar-refractivity contribution in [3.05, 3.63) is 65.3 Å². The normalized spacial score (nSPS) is 12.8. The number of nitrogens with zero attached hydrogens (tertiary/aromatic N) is 4. The van der Waals surface area contributed by atoms with Crippen molar-refractivity contribution in [1.29, 1.82) is 0 Å². The zero-order valence-corrected chi connectivity index (χ0v) is 15.7. The fourth-order valence-electron chi connectivity index (χ4n) is 3.64. The molecule has 28 heavy (non-hydrogen) atoms. The van der Waals surface area contributed by atoms with Crippen LogP contribution in [0.4, 0.5) is 0 Å². The average molecular weight is 369 g/mol. The molecule has 0 aliphatic heterocycles. The van der Waals surface area contributed by atoms with Gasteiger partial charge in [0, 0.05) is 23.2 Å². The van der Waals surface area contributed by atoms with Crippen molar-refractivity contribution in [3.8, 4) is 11.3 Å². The molecule has 1 atom stereocenters. The molecule has 1 aromatic carbocycles. The van der Waals surface area contributed by atoms with Gasteiger partial charge in [-0.15, -0.1) is 0 Å². The fraction of sp³-hybridized carbons (Fsp3) is 0.182. The molecule has 0 bridgehead atoms. The first kappa shape index (κ1) is 16.6. The Labute approximate surface area is 160 Å². The summed E-state index contributed by atoms with van der Waals surface area (Å²) in [5.41, 5.74) is 5.57. The average Bonchev–Trinajstić information content (AvgIpc) is 3.08. The van der Waals surface area contributed by atoms with Crippen LogP contribution in [0.5, 0.6) is 0 Å². The largest absolute Gasteiger partial charge is 0.326 e. The number of rotatable bonds is 3. The van der Waals surface area contributed by atoms with E-state index >= 15 is 0 Å². The summed E-state index contributed by atoms with van der Waals surface area (Å²) < 4.78 is 1.79. The van der Waals surface area contributed by atoms with Gasteiger partial charge in [0.25, 0.3) is 0 Å². The highest BCUT2D eigenvalue weighted by Gasteiger charge is 2.16. The summed E-state index contributed by atoms with van der Waals surface area (Å²) in [4.78, 5) is 29.3. The van der Waals surface area contributed by atoms with E-state index < -0.39 is 0 Å². The lowest BCUT2D eigenvalue weighted by Gasteiger charge is -2.12. The molecular formula is C22H19N5O. The van der Waals surface area contributed by atoms with Gasteiger partial charge in [0.05, 0.1) is 34.0 Å². The Morgan fingerprint density at radius 2 is 1.89 bits per heavy atom. The molecule has 6 nitrogen and oxygen atoms in total. The number of para-hydroxylation sites is 1. The number of fused-ring (bicyclic) bond motifs is 4. The predicted octanol–water partition coefficient (Wildman–Crippen LogP) is 4.46. The van der Waals surface area contributed by atoms with Gasteiger partial charge in [-0.2, -0.15) is 0 Å². The second kappa shape index (κ2) is 6.27. The Morgan fingerprint density at radius 3 is 2.75 bits per heavy atom. The lowest BCUT2D eigenvalue weighted by Crippen LogP contribution is -2.20. The Morgan fingerprint density at radius 1 is 1.07 bits per heavy atom. The van der Waals surface area contributed by atoms with E-state index in [1.54, 1.807) is 10.8 Å². The van der Waals surface area contributed by atoms with E-state index in [-0.39, 0.29) is 11.7 Å². The number of aromatic nitrogens is 5. The summed E-state index contributed by atoms with van der Waals surface area (Å²) in [5, 5.41) is 1.07. The maximum Gasteiger partial charge on any atom is 0.326 e. The smallest absolute Gasteiger partial charge is 0.304 e. The lowest BCUT2D eigenvalue weighted by atomic mass is 10.1. The number of H-pyrrole nitrogens is 1. The highest BCUT2D eigenvalue weighted by atomic mass is 16.1. The first-order valence-electron chi connectivity index (χ1n) is 9.41. The maximum absolute atomic E-state index is 12.5. The van der Waals surface area contributed by atoms with E-state index in [1.165, 1.54) is 0 Å². The van der Waals surface area contributed by atoms with Crippen LogP contribution in [-0.2, 0) is 0 Å². The third kappa shape index (κ3) is 2.49. The number of pyridine rings is 3. The van der Waals surface area contributed by atoms with Crippen molar-refractivity contribution >= 4 is 33.0 Å². The molecule has 1 unspecified atom stereocenters. The maximum atomic E-state index is 12.5. The van der Waals surface area contributed by atoms with E-state index in [9.17, 15) is 4.79 Å². The van der Waals surface area contributed by atoms with Crippen molar-refractivity contribution in [2.45, 2.75) is 26.3 Å². The van der Waals surface area contributed by atoms with Crippen LogP contribution in [0.2, 0.25) is 0 Å². The van der Waals surface area contributed by atoms with Crippen molar-refractivity contribution in [2.24, 2.45) is 0 Å². The zero-order valence-electron chi connectivity index (χ0n) is 15.7. The Kier molecular flexibility index (Phi) is 3.72. The van der Waals surface area contributed by atoms with Crippen LogP contribution >= 0.6 is 0 Å². The van der Waals surface area contributed by atoms with Crippen molar-refractivity contribution < 1.29 is 0 Å². The van der Waals surface area contributed by atoms with Crippen LogP contribution in [-0.4, -0.2) is 24.5 Å². The highest BCUT2D eigenvalue weighted by molar-refractivity contribution is 6.00. The van der Waals surface area contributed by atoms with Crippen LogP contribution in [0.3, 0.4) is 0 Å². The van der Waals surface area contributed by atoms with Crippen LogP contribution in [0.15, 0.2) is 59.7 Å². The van der Waals surface area contributed by atoms with Gasteiger partial charge in [-0.3, -0.25) is 14.5 Å². The quantitative estimate of drug-likeness (QED) is 0.509. The van der Waals surface area contributed by atoms with E-state index in [4.69, 9.17) is 4.98 Å². The third-order valence-corrected chi connectivity index (χ3v) is 5.31.